The minimum absolute atomic E-state index is 0.134. The first-order chi connectivity index (χ1) is 10.1. The summed E-state index contributed by atoms with van der Waals surface area (Å²) < 4.78 is 0. The van der Waals surface area contributed by atoms with Gasteiger partial charge in [-0.2, -0.15) is 0 Å². The van der Waals surface area contributed by atoms with E-state index < -0.39 is 0 Å². The minimum Gasteiger partial charge on any atom is -0.509 e. The molecule has 0 unspecified atom stereocenters. The van der Waals surface area contributed by atoms with E-state index in [0.717, 1.165) is 10.6 Å². The molecule has 0 bridgehead atoms. The highest BCUT2D eigenvalue weighted by atomic mass is 32.2. The molecule has 1 aliphatic rings. The van der Waals surface area contributed by atoms with Crippen molar-refractivity contribution in [3.05, 3.63) is 70.8 Å². The number of rotatable bonds is 3. The zero-order valence-electron chi connectivity index (χ0n) is 11.6. The Morgan fingerprint density at radius 3 is 2.38 bits per heavy atom. The molecule has 2 aromatic rings. The van der Waals surface area contributed by atoms with Gasteiger partial charge in [0.2, 0.25) is 0 Å². The molecule has 0 saturated carbocycles. The number of aryl methyl sites for hydroxylation is 1. The molecule has 3 rings (SSSR count). The van der Waals surface area contributed by atoms with E-state index in [1.807, 2.05) is 61.5 Å². The van der Waals surface area contributed by atoms with Crippen LogP contribution in [0.2, 0.25) is 0 Å². The topological polar surface area (TPSA) is 40.5 Å². The van der Waals surface area contributed by atoms with E-state index in [1.165, 1.54) is 17.3 Å². The van der Waals surface area contributed by atoms with Crippen molar-refractivity contribution < 1.29 is 9.90 Å². The molecule has 0 spiro atoms. The van der Waals surface area contributed by atoms with E-state index in [0.29, 0.717) is 4.91 Å². The first-order valence-electron chi connectivity index (χ1n) is 6.69. The molecule has 21 heavy (non-hydrogen) atoms. The van der Waals surface area contributed by atoms with Gasteiger partial charge in [0.25, 0.3) is 5.91 Å². The Morgan fingerprint density at radius 1 is 1.05 bits per heavy atom. The maximum Gasteiger partial charge on any atom is 0.268 e. The fourth-order valence-electron chi connectivity index (χ4n) is 2.18. The molecule has 0 radical (unpaired) electrons. The normalized spacial score (nSPS) is 14.9. The molecule has 1 heterocycles. The van der Waals surface area contributed by atoms with Crippen molar-refractivity contribution in [1.29, 1.82) is 0 Å². The summed E-state index contributed by atoms with van der Waals surface area (Å²) in [6.45, 7) is 2.25. The molecule has 0 aliphatic carbocycles. The van der Waals surface area contributed by atoms with Gasteiger partial charge in [0, 0.05) is 10.6 Å². The van der Waals surface area contributed by atoms with Crippen LogP contribution in [0.5, 0.6) is 0 Å². The van der Waals surface area contributed by atoms with E-state index in [-0.39, 0.29) is 18.2 Å². The highest BCUT2D eigenvalue weighted by molar-refractivity contribution is 8.04. The van der Waals surface area contributed by atoms with Gasteiger partial charge in [-0.15, -0.1) is 0 Å². The van der Waals surface area contributed by atoms with Crippen molar-refractivity contribution in [1.82, 2.24) is 0 Å². The highest BCUT2D eigenvalue weighted by Gasteiger charge is 2.32. The van der Waals surface area contributed by atoms with Gasteiger partial charge in [0.1, 0.15) is 10.7 Å². The number of hydrogen-bond donors (Lipinski definition) is 1. The third kappa shape index (κ3) is 2.81. The molecule has 0 fully saturated rings. The summed E-state index contributed by atoms with van der Waals surface area (Å²) in [5, 5.41) is 10.1. The quantitative estimate of drug-likeness (QED) is 0.934. The van der Waals surface area contributed by atoms with Gasteiger partial charge in [-0.25, -0.2) is 0 Å². The number of nitrogens with zero attached hydrogens (tertiary/aromatic N) is 1. The highest BCUT2D eigenvalue weighted by Crippen LogP contribution is 2.35. The number of hydrogen-bond acceptors (Lipinski definition) is 3. The fourth-order valence-corrected chi connectivity index (χ4v) is 3.07. The van der Waals surface area contributed by atoms with Crippen LogP contribution in [0.3, 0.4) is 0 Å². The number of aliphatic hydroxyl groups excluding tert-OH is 1. The summed E-state index contributed by atoms with van der Waals surface area (Å²) in [6, 6.07) is 17.3. The Hall–Kier alpha value is -2.20. The van der Waals surface area contributed by atoms with Crippen molar-refractivity contribution in [2.75, 3.05) is 11.4 Å². The zero-order valence-corrected chi connectivity index (χ0v) is 12.4. The number of aliphatic hydroxyl groups is 1. The summed E-state index contributed by atoms with van der Waals surface area (Å²) in [6.07, 6.45) is 0. The summed E-state index contributed by atoms with van der Waals surface area (Å²) >= 11 is 1.31. The van der Waals surface area contributed by atoms with Gasteiger partial charge in [-0.1, -0.05) is 47.7 Å². The largest absolute Gasteiger partial charge is 0.509 e. The molecule has 0 saturated heterocycles. The van der Waals surface area contributed by atoms with Crippen LogP contribution in [-0.2, 0) is 4.79 Å². The summed E-state index contributed by atoms with van der Waals surface area (Å²) in [5.74, 6) is -0.0151. The van der Waals surface area contributed by atoms with Crippen LogP contribution in [0.1, 0.15) is 5.56 Å². The molecule has 106 valence electrons. The van der Waals surface area contributed by atoms with E-state index in [2.05, 4.69) is 0 Å². The Morgan fingerprint density at radius 2 is 1.71 bits per heavy atom. The second kappa shape index (κ2) is 5.66. The number of benzene rings is 2. The van der Waals surface area contributed by atoms with Gasteiger partial charge >= 0.3 is 0 Å². The fraction of sp³-hybridized carbons (Fsp3) is 0.118. The molecule has 3 nitrogen and oxygen atoms in total. The van der Waals surface area contributed by atoms with Gasteiger partial charge in [0.15, 0.2) is 0 Å². The van der Waals surface area contributed by atoms with Crippen molar-refractivity contribution >= 4 is 23.4 Å². The Kier molecular flexibility index (Phi) is 3.71. The SMILES string of the molecule is Cc1ccc(SC2=C(O)CN(c3ccccc3)C2=O)cc1. The number of thioether (sulfide) groups is 1. The van der Waals surface area contributed by atoms with Crippen LogP contribution >= 0.6 is 11.8 Å². The maximum atomic E-state index is 12.5. The van der Waals surface area contributed by atoms with Crippen molar-refractivity contribution in [2.24, 2.45) is 0 Å². The molecular weight excluding hydrogens is 282 g/mol. The van der Waals surface area contributed by atoms with Gasteiger partial charge in [-0.3, -0.25) is 4.79 Å². The average molecular weight is 297 g/mol. The van der Waals surface area contributed by atoms with Crippen LogP contribution in [0.15, 0.2) is 70.2 Å². The third-order valence-corrected chi connectivity index (χ3v) is 4.44. The van der Waals surface area contributed by atoms with Gasteiger partial charge in [-0.05, 0) is 31.2 Å². The predicted molar refractivity (Wildman–Crippen MR) is 85.5 cm³/mol. The first-order valence-corrected chi connectivity index (χ1v) is 7.50. The van der Waals surface area contributed by atoms with Crippen LogP contribution < -0.4 is 4.90 Å². The Labute approximate surface area is 127 Å². The molecule has 0 aromatic heterocycles. The lowest BCUT2D eigenvalue weighted by Gasteiger charge is -2.15. The lowest BCUT2D eigenvalue weighted by atomic mass is 10.2. The maximum absolute atomic E-state index is 12.5. The van der Waals surface area contributed by atoms with Gasteiger partial charge < -0.3 is 10.0 Å². The van der Waals surface area contributed by atoms with Crippen LogP contribution in [-0.4, -0.2) is 17.6 Å². The van der Waals surface area contributed by atoms with Crippen molar-refractivity contribution in [2.45, 2.75) is 11.8 Å². The summed E-state index contributed by atoms with van der Waals surface area (Å²) in [4.78, 5) is 15.4. The van der Waals surface area contributed by atoms with E-state index in [1.54, 1.807) is 4.90 Å². The van der Waals surface area contributed by atoms with E-state index in [4.69, 9.17) is 0 Å². The summed E-state index contributed by atoms with van der Waals surface area (Å²) in [5.41, 5.74) is 1.97. The van der Waals surface area contributed by atoms with Crippen molar-refractivity contribution in [3.63, 3.8) is 0 Å². The average Bonchev–Trinajstić information content (AvgIpc) is 2.78. The second-order valence-electron chi connectivity index (χ2n) is 4.92. The molecule has 1 amide bonds. The lowest BCUT2D eigenvalue weighted by Crippen LogP contribution is -2.26. The molecule has 1 aliphatic heterocycles. The number of anilines is 1. The number of para-hydroxylation sites is 1. The standard InChI is InChI=1S/C17H15NO2S/c1-12-7-9-14(10-8-12)21-16-15(19)11-18(17(16)20)13-5-3-2-4-6-13/h2-10,19H,11H2,1H3. The Bertz CT molecular complexity index is 692. The Balaban J connectivity index is 1.82. The summed E-state index contributed by atoms with van der Waals surface area (Å²) in [7, 11) is 0. The van der Waals surface area contributed by atoms with Crippen LogP contribution in [0, 0.1) is 6.92 Å². The monoisotopic (exact) mass is 297 g/mol. The molecule has 2 aromatic carbocycles. The van der Waals surface area contributed by atoms with Gasteiger partial charge in [0.05, 0.1) is 6.54 Å². The predicted octanol–water partition coefficient (Wildman–Crippen LogP) is 3.90. The molecule has 0 atom stereocenters. The lowest BCUT2D eigenvalue weighted by molar-refractivity contribution is -0.113. The van der Waals surface area contributed by atoms with E-state index >= 15 is 0 Å². The second-order valence-corrected chi connectivity index (χ2v) is 6.00. The number of carbonyl (C=O) groups excluding carboxylic acids is 1. The zero-order chi connectivity index (χ0) is 14.8. The van der Waals surface area contributed by atoms with Crippen LogP contribution in [0.25, 0.3) is 0 Å². The van der Waals surface area contributed by atoms with Crippen LogP contribution in [0.4, 0.5) is 5.69 Å². The number of carbonyl (C=O) groups is 1. The van der Waals surface area contributed by atoms with Crippen molar-refractivity contribution in [3.8, 4) is 0 Å². The van der Waals surface area contributed by atoms with E-state index in [9.17, 15) is 9.90 Å². The smallest absolute Gasteiger partial charge is 0.268 e. The molecular formula is C17H15NO2S. The number of amides is 1. The first kappa shape index (κ1) is 13.8. The minimum atomic E-state index is -0.149. The molecule has 1 N–H and O–H groups in total. The third-order valence-electron chi connectivity index (χ3n) is 3.32. The molecule has 4 heteroatoms.